The smallest absolute Gasteiger partial charge is 0.126 e. The van der Waals surface area contributed by atoms with E-state index in [2.05, 4.69) is 13.5 Å². The highest BCUT2D eigenvalue weighted by Crippen LogP contribution is 2.39. The molecule has 0 aromatic rings. The van der Waals surface area contributed by atoms with Gasteiger partial charge in [-0.2, -0.15) is 0 Å². The minimum absolute atomic E-state index is 0.0364. The molecule has 13 heavy (non-hydrogen) atoms. The zero-order valence-corrected chi connectivity index (χ0v) is 8.64. The molecule has 0 heterocycles. The van der Waals surface area contributed by atoms with Crippen molar-refractivity contribution in [3.05, 3.63) is 12.2 Å². The molecule has 0 spiro atoms. The number of hydrogen-bond donors (Lipinski definition) is 0. The van der Waals surface area contributed by atoms with Gasteiger partial charge in [0.05, 0.1) is 0 Å². The predicted molar refractivity (Wildman–Crippen MR) is 55.6 cm³/mol. The van der Waals surface area contributed by atoms with Crippen LogP contribution in [0.15, 0.2) is 12.2 Å². The SMILES string of the molecule is C=C(CC)CC1(C=O)CCCCC1. The van der Waals surface area contributed by atoms with Crippen LogP contribution in [0.25, 0.3) is 0 Å². The van der Waals surface area contributed by atoms with E-state index in [9.17, 15) is 4.79 Å². The average Bonchev–Trinajstić information content (AvgIpc) is 2.19. The first kappa shape index (κ1) is 10.5. The minimum Gasteiger partial charge on any atom is -0.303 e. The lowest BCUT2D eigenvalue weighted by molar-refractivity contribution is -0.117. The van der Waals surface area contributed by atoms with Crippen LogP contribution >= 0.6 is 0 Å². The molecule has 1 fully saturated rings. The molecule has 0 bridgehead atoms. The molecule has 0 aromatic heterocycles. The van der Waals surface area contributed by atoms with Crippen LogP contribution in [-0.4, -0.2) is 6.29 Å². The lowest BCUT2D eigenvalue weighted by atomic mass is 9.71. The molecule has 0 aliphatic heterocycles. The summed E-state index contributed by atoms with van der Waals surface area (Å²) in [5.41, 5.74) is 1.19. The van der Waals surface area contributed by atoms with E-state index in [1.165, 1.54) is 31.1 Å². The van der Waals surface area contributed by atoms with Crippen LogP contribution in [-0.2, 0) is 4.79 Å². The summed E-state index contributed by atoms with van der Waals surface area (Å²) in [6, 6.07) is 0. The Balaban J connectivity index is 2.57. The maximum absolute atomic E-state index is 11.1. The van der Waals surface area contributed by atoms with Crippen molar-refractivity contribution in [1.29, 1.82) is 0 Å². The van der Waals surface area contributed by atoms with Crippen molar-refractivity contribution in [2.45, 2.75) is 51.9 Å². The van der Waals surface area contributed by atoms with E-state index in [0.29, 0.717) is 0 Å². The number of rotatable bonds is 4. The van der Waals surface area contributed by atoms with Gasteiger partial charge in [-0.25, -0.2) is 0 Å². The maximum atomic E-state index is 11.1. The van der Waals surface area contributed by atoms with Gasteiger partial charge in [-0.3, -0.25) is 0 Å². The van der Waals surface area contributed by atoms with Gasteiger partial charge in [0, 0.05) is 5.41 Å². The molecule has 0 atom stereocenters. The van der Waals surface area contributed by atoms with Gasteiger partial charge in [-0.1, -0.05) is 38.3 Å². The highest BCUT2D eigenvalue weighted by molar-refractivity contribution is 5.60. The Morgan fingerprint density at radius 2 is 2.00 bits per heavy atom. The molecular formula is C12H20O. The molecule has 0 saturated heterocycles. The monoisotopic (exact) mass is 180 g/mol. The summed E-state index contributed by atoms with van der Waals surface area (Å²) in [6.45, 7) is 6.12. The van der Waals surface area contributed by atoms with Gasteiger partial charge in [0.1, 0.15) is 6.29 Å². The first-order chi connectivity index (χ1) is 6.22. The van der Waals surface area contributed by atoms with E-state index in [1.807, 2.05) is 0 Å². The summed E-state index contributed by atoms with van der Waals surface area (Å²) in [5, 5.41) is 0. The van der Waals surface area contributed by atoms with Crippen molar-refractivity contribution in [1.82, 2.24) is 0 Å². The van der Waals surface area contributed by atoms with Crippen LogP contribution in [0.5, 0.6) is 0 Å². The van der Waals surface area contributed by atoms with Gasteiger partial charge in [0.15, 0.2) is 0 Å². The summed E-state index contributed by atoms with van der Waals surface area (Å²) in [5.74, 6) is 0. The number of allylic oxidation sites excluding steroid dienone is 1. The molecule has 0 amide bonds. The Kier molecular flexibility index (Phi) is 3.71. The molecule has 1 heteroatoms. The van der Waals surface area contributed by atoms with Crippen LogP contribution in [0.3, 0.4) is 0 Å². The molecule has 1 rings (SSSR count). The number of aldehydes is 1. The van der Waals surface area contributed by atoms with E-state index in [4.69, 9.17) is 0 Å². The number of carbonyl (C=O) groups excluding carboxylic acids is 1. The Hall–Kier alpha value is -0.590. The predicted octanol–water partition coefficient (Wildman–Crippen LogP) is 3.49. The van der Waals surface area contributed by atoms with E-state index in [0.717, 1.165) is 25.7 Å². The van der Waals surface area contributed by atoms with Gasteiger partial charge in [0.2, 0.25) is 0 Å². The maximum Gasteiger partial charge on any atom is 0.126 e. The second kappa shape index (κ2) is 4.59. The summed E-state index contributed by atoms with van der Waals surface area (Å²) >= 11 is 0. The van der Waals surface area contributed by atoms with E-state index in [-0.39, 0.29) is 5.41 Å². The van der Waals surface area contributed by atoms with Crippen LogP contribution < -0.4 is 0 Å². The van der Waals surface area contributed by atoms with Crippen LogP contribution in [0.2, 0.25) is 0 Å². The van der Waals surface area contributed by atoms with Gasteiger partial charge >= 0.3 is 0 Å². The van der Waals surface area contributed by atoms with Crippen molar-refractivity contribution in [2.75, 3.05) is 0 Å². The highest BCUT2D eigenvalue weighted by atomic mass is 16.1. The molecule has 1 aliphatic rings. The normalized spacial score (nSPS) is 21.0. The molecule has 1 aliphatic carbocycles. The van der Waals surface area contributed by atoms with E-state index in [1.54, 1.807) is 0 Å². The summed E-state index contributed by atoms with van der Waals surface area (Å²) in [7, 11) is 0. The van der Waals surface area contributed by atoms with Gasteiger partial charge in [-0.15, -0.1) is 0 Å². The van der Waals surface area contributed by atoms with E-state index < -0.39 is 0 Å². The molecule has 0 unspecified atom stereocenters. The molecule has 0 N–H and O–H groups in total. The average molecular weight is 180 g/mol. The Bertz CT molecular complexity index is 187. The van der Waals surface area contributed by atoms with Gasteiger partial charge in [-0.05, 0) is 25.7 Å². The third-order valence-corrected chi connectivity index (χ3v) is 3.20. The zero-order chi connectivity index (χ0) is 9.73. The highest BCUT2D eigenvalue weighted by Gasteiger charge is 2.31. The van der Waals surface area contributed by atoms with E-state index >= 15 is 0 Å². The van der Waals surface area contributed by atoms with Crippen molar-refractivity contribution in [3.63, 3.8) is 0 Å². The standard InChI is InChI=1S/C12H20O/c1-3-11(2)9-12(10-13)7-5-4-6-8-12/h10H,2-9H2,1H3. The van der Waals surface area contributed by atoms with Gasteiger partial charge < -0.3 is 4.79 Å². The Labute approximate surface area is 81.2 Å². The van der Waals surface area contributed by atoms with Crippen molar-refractivity contribution >= 4 is 6.29 Å². The molecule has 1 nitrogen and oxygen atoms in total. The first-order valence-electron chi connectivity index (χ1n) is 5.35. The fraction of sp³-hybridized carbons (Fsp3) is 0.750. The summed E-state index contributed by atoms with van der Waals surface area (Å²) < 4.78 is 0. The fourth-order valence-electron chi connectivity index (χ4n) is 2.22. The number of hydrogen-bond acceptors (Lipinski definition) is 1. The van der Waals surface area contributed by atoms with Gasteiger partial charge in [0.25, 0.3) is 0 Å². The third-order valence-electron chi connectivity index (χ3n) is 3.20. The van der Waals surface area contributed by atoms with Crippen molar-refractivity contribution in [3.8, 4) is 0 Å². The topological polar surface area (TPSA) is 17.1 Å². The Morgan fingerprint density at radius 1 is 1.38 bits per heavy atom. The third kappa shape index (κ3) is 2.68. The quantitative estimate of drug-likeness (QED) is 0.478. The summed E-state index contributed by atoms with van der Waals surface area (Å²) in [4.78, 5) is 11.1. The zero-order valence-electron chi connectivity index (χ0n) is 8.64. The first-order valence-corrected chi connectivity index (χ1v) is 5.35. The fourth-order valence-corrected chi connectivity index (χ4v) is 2.22. The second-order valence-electron chi connectivity index (χ2n) is 4.32. The lowest BCUT2D eigenvalue weighted by Gasteiger charge is -2.32. The largest absolute Gasteiger partial charge is 0.303 e. The van der Waals surface area contributed by atoms with Crippen LogP contribution in [0.4, 0.5) is 0 Å². The molecule has 74 valence electrons. The number of carbonyl (C=O) groups is 1. The molecule has 0 aromatic carbocycles. The van der Waals surface area contributed by atoms with Crippen molar-refractivity contribution < 1.29 is 4.79 Å². The van der Waals surface area contributed by atoms with Crippen LogP contribution in [0, 0.1) is 5.41 Å². The molecular weight excluding hydrogens is 160 g/mol. The minimum atomic E-state index is -0.0364. The summed E-state index contributed by atoms with van der Waals surface area (Å²) in [6.07, 6.45) is 9.01. The Morgan fingerprint density at radius 3 is 2.46 bits per heavy atom. The lowest BCUT2D eigenvalue weighted by Crippen LogP contribution is -2.26. The van der Waals surface area contributed by atoms with Crippen LogP contribution in [0.1, 0.15) is 51.9 Å². The van der Waals surface area contributed by atoms with Crippen molar-refractivity contribution in [2.24, 2.45) is 5.41 Å². The molecule has 0 radical (unpaired) electrons. The second-order valence-corrected chi connectivity index (χ2v) is 4.32. The molecule has 1 saturated carbocycles.